The maximum atomic E-state index is 12.3. The van der Waals surface area contributed by atoms with Crippen molar-refractivity contribution >= 4 is 11.8 Å². The molecule has 5 heteroatoms. The Balaban J connectivity index is 2.50. The van der Waals surface area contributed by atoms with Gasteiger partial charge in [-0.15, -0.1) is 6.58 Å². The van der Waals surface area contributed by atoms with E-state index in [1.807, 2.05) is 13.8 Å². The van der Waals surface area contributed by atoms with Crippen LogP contribution in [0, 0.1) is 11.3 Å². The molecule has 1 aliphatic rings. The van der Waals surface area contributed by atoms with E-state index in [1.54, 1.807) is 19.9 Å². The molecule has 0 saturated heterocycles. The smallest absolute Gasteiger partial charge is 0.332 e. The van der Waals surface area contributed by atoms with Gasteiger partial charge in [-0.1, -0.05) is 13.0 Å². The zero-order valence-electron chi connectivity index (χ0n) is 19.9. The van der Waals surface area contributed by atoms with Gasteiger partial charge in [0.05, 0.1) is 11.2 Å². The highest BCUT2D eigenvalue weighted by Gasteiger charge is 2.42. The Morgan fingerprint density at radius 1 is 1.07 bits per heavy atom. The van der Waals surface area contributed by atoms with E-state index in [9.17, 15) is 9.59 Å². The van der Waals surface area contributed by atoms with Gasteiger partial charge >= 0.3 is 5.97 Å². The molecule has 0 aliphatic heterocycles. The molecule has 1 fully saturated rings. The van der Waals surface area contributed by atoms with Crippen molar-refractivity contribution in [3.05, 3.63) is 12.7 Å². The molecule has 0 N–H and O–H groups in total. The number of ether oxygens (including phenoxy) is 3. The lowest BCUT2D eigenvalue weighted by Gasteiger charge is -2.45. The van der Waals surface area contributed by atoms with Gasteiger partial charge < -0.3 is 14.2 Å². The molecule has 0 aromatic heterocycles. The third-order valence-corrected chi connectivity index (χ3v) is 6.46. The lowest BCUT2D eigenvalue weighted by Crippen LogP contribution is -2.46. The number of hydrogen-bond acceptors (Lipinski definition) is 5. The Morgan fingerprint density at radius 2 is 1.62 bits per heavy atom. The van der Waals surface area contributed by atoms with Crippen molar-refractivity contribution in [2.75, 3.05) is 13.2 Å². The minimum atomic E-state index is -0.660. The van der Waals surface area contributed by atoms with Gasteiger partial charge in [0.15, 0.2) is 5.78 Å². The van der Waals surface area contributed by atoms with Crippen LogP contribution in [0.25, 0.3) is 0 Å². The Labute approximate surface area is 177 Å². The van der Waals surface area contributed by atoms with Crippen molar-refractivity contribution < 1.29 is 23.8 Å². The van der Waals surface area contributed by atoms with Gasteiger partial charge in [-0.25, -0.2) is 4.79 Å². The highest BCUT2D eigenvalue weighted by atomic mass is 16.6. The van der Waals surface area contributed by atoms with Crippen LogP contribution in [0.5, 0.6) is 0 Å². The highest BCUT2D eigenvalue weighted by Crippen LogP contribution is 2.42. The summed E-state index contributed by atoms with van der Waals surface area (Å²) in [4.78, 5) is 24.3. The number of carbonyl (C=O) groups is 2. The van der Waals surface area contributed by atoms with Gasteiger partial charge in [-0.05, 0) is 86.5 Å². The average molecular weight is 411 g/mol. The second-order valence-electron chi connectivity index (χ2n) is 10.4. The fraction of sp³-hybridized carbons (Fsp3) is 0.833. The van der Waals surface area contributed by atoms with Crippen LogP contribution in [0.2, 0.25) is 0 Å². The summed E-state index contributed by atoms with van der Waals surface area (Å²) < 4.78 is 17.4. The summed E-state index contributed by atoms with van der Waals surface area (Å²) in [7, 11) is 0. The second kappa shape index (κ2) is 9.74. The number of hydrogen-bond donors (Lipinski definition) is 0. The van der Waals surface area contributed by atoms with Gasteiger partial charge in [0, 0.05) is 5.41 Å². The van der Waals surface area contributed by atoms with Gasteiger partial charge in [-0.3, -0.25) is 4.79 Å². The monoisotopic (exact) mass is 410 g/mol. The third-order valence-electron chi connectivity index (χ3n) is 6.46. The predicted octanol–water partition coefficient (Wildman–Crippen LogP) is 5.26. The normalized spacial score (nSPS) is 23.5. The fourth-order valence-corrected chi connectivity index (χ4v) is 3.70. The molecule has 0 heterocycles. The standard InChI is InChI=1S/C24H42O5/c1-10-21(3,4)19(25)16-27-17-20(26)28-23(7,8)18-12-14-24(9,15-13-18)29-22(5,6)11-2/h10,18H,1,11-17H2,2-9H3. The molecule has 1 aliphatic carbocycles. The first-order valence-electron chi connectivity index (χ1n) is 10.8. The fourth-order valence-electron chi connectivity index (χ4n) is 3.70. The van der Waals surface area contributed by atoms with E-state index in [2.05, 4.69) is 34.3 Å². The van der Waals surface area contributed by atoms with E-state index < -0.39 is 17.0 Å². The third kappa shape index (κ3) is 7.86. The number of rotatable bonds is 11. The molecule has 0 amide bonds. The summed E-state index contributed by atoms with van der Waals surface area (Å²) in [5, 5.41) is 0. The first-order valence-corrected chi connectivity index (χ1v) is 10.8. The first kappa shape index (κ1) is 25.8. The molecular formula is C24H42O5. The first-order chi connectivity index (χ1) is 13.2. The van der Waals surface area contributed by atoms with Crippen LogP contribution in [-0.2, 0) is 23.8 Å². The molecule has 168 valence electrons. The topological polar surface area (TPSA) is 61.8 Å². The van der Waals surface area contributed by atoms with Crippen molar-refractivity contribution in [1.82, 2.24) is 0 Å². The SMILES string of the molecule is C=CC(C)(C)C(=O)COCC(=O)OC(C)(C)C1CCC(C)(OC(C)(C)CC)CC1. The zero-order valence-corrected chi connectivity index (χ0v) is 19.9. The second-order valence-corrected chi connectivity index (χ2v) is 10.4. The molecule has 0 unspecified atom stereocenters. The lowest BCUT2D eigenvalue weighted by molar-refractivity contribution is -0.178. The lowest BCUT2D eigenvalue weighted by atomic mass is 9.73. The highest BCUT2D eigenvalue weighted by molar-refractivity contribution is 5.87. The Morgan fingerprint density at radius 3 is 2.10 bits per heavy atom. The number of esters is 1. The number of allylic oxidation sites excluding steroid dienone is 1. The summed E-state index contributed by atoms with van der Waals surface area (Å²) >= 11 is 0. The van der Waals surface area contributed by atoms with Crippen molar-refractivity contribution in [3.8, 4) is 0 Å². The van der Waals surface area contributed by atoms with Crippen LogP contribution >= 0.6 is 0 Å². The van der Waals surface area contributed by atoms with Crippen LogP contribution in [-0.4, -0.2) is 41.8 Å². The Bertz CT molecular complexity index is 580. The van der Waals surface area contributed by atoms with Crippen molar-refractivity contribution in [2.24, 2.45) is 11.3 Å². The van der Waals surface area contributed by atoms with Crippen LogP contribution in [0.1, 0.15) is 87.5 Å². The van der Waals surface area contributed by atoms with Gasteiger partial charge in [0.2, 0.25) is 0 Å². The van der Waals surface area contributed by atoms with Crippen molar-refractivity contribution in [2.45, 2.75) is 104 Å². The molecule has 1 saturated carbocycles. The quantitative estimate of drug-likeness (QED) is 0.343. The van der Waals surface area contributed by atoms with E-state index in [4.69, 9.17) is 14.2 Å². The summed E-state index contributed by atoms with van der Waals surface area (Å²) in [6.07, 6.45) is 6.35. The molecule has 29 heavy (non-hydrogen) atoms. The molecule has 0 atom stereocenters. The Hall–Kier alpha value is -1.20. The zero-order chi connectivity index (χ0) is 22.5. The van der Waals surface area contributed by atoms with E-state index >= 15 is 0 Å². The molecule has 0 spiro atoms. The molecule has 0 bridgehead atoms. The van der Waals surface area contributed by atoms with Crippen LogP contribution in [0.3, 0.4) is 0 Å². The maximum Gasteiger partial charge on any atom is 0.332 e. The number of Topliss-reactive ketones (excluding diaryl/α,β-unsaturated/α-hetero) is 1. The molecule has 0 radical (unpaired) electrons. The predicted molar refractivity (Wildman–Crippen MR) is 116 cm³/mol. The summed E-state index contributed by atoms with van der Waals surface area (Å²) in [6.45, 7) is 19.4. The molecule has 5 nitrogen and oxygen atoms in total. The minimum Gasteiger partial charge on any atom is -0.458 e. The van der Waals surface area contributed by atoms with Crippen molar-refractivity contribution in [1.29, 1.82) is 0 Å². The number of carbonyl (C=O) groups excluding carboxylic acids is 2. The van der Waals surface area contributed by atoms with E-state index in [-0.39, 0.29) is 36.1 Å². The largest absolute Gasteiger partial charge is 0.458 e. The van der Waals surface area contributed by atoms with Crippen LogP contribution < -0.4 is 0 Å². The molecule has 0 aromatic rings. The van der Waals surface area contributed by atoms with Gasteiger partial charge in [-0.2, -0.15) is 0 Å². The molecular weight excluding hydrogens is 368 g/mol. The Kier molecular flexibility index (Phi) is 8.68. The molecule has 1 rings (SSSR count). The maximum absolute atomic E-state index is 12.3. The number of ketones is 1. The minimum absolute atomic E-state index is 0.110. The summed E-state index contributed by atoms with van der Waals surface area (Å²) in [6, 6.07) is 0. The van der Waals surface area contributed by atoms with Crippen LogP contribution in [0.15, 0.2) is 12.7 Å². The average Bonchev–Trinajstić information content (AvgIpc) is 2.60. The van der Waals surface area contributed by atoms with Crippen LogP contribution in [0.4, 0.5) is 0 Å². The van der Waals surface area contributed by atoms with Crippen molar-refractivity contribution in [3.63, 3.8) is 0 Å². The van der Waals surface area contributed by atoms with E-state index in [1.165, 1.54) is 0 Å². The summed E-state index contributed by atoms with van der Waals surface area (Å²) in [5.41, 5.74) is -1.49. The van der Waals surface area contributed by atoms with E-state index in [0.29, 0.717) is 0 Å². The van der Waals surface area contributed by atoms with E-state index in [0.717, 1.165) is 32.1 Å². The summed E-state index contributed by atoms with van der Waals surface area (Å²) in [5.74, 6) is -0.272. The van der Waals surface area contributed by atoms with Gasteiger partial charge in [0.25, 0.3) is 0 Å². The van der Waals surface area contributed by atoms with Gasteiger partial charge in [0.1, 0.15) is 18.8 Å². The molecule has 0 aromatic carbocycles.